The SMILES string of the molecule is COc1cc(OC)cc(OCC(=O)N(Cc2ccc(Br)cc2)[C@@H](Cc2ccccc2)C(=O)NC2CCCC2)c1. The molecule has 206 valence electrons. The van der Waals surface area contributed by atoms with E-state index in [-0.39, 0.29) is 31.0 Å². The Morgan fingerprint density at radius 3 is 2.13 bits per heavy atom. The number of carbonyl (C=O) groups is 2. The first-order chi connectivity index (χ1) is 18.9. The van der Waals surface area contributed by atoms with Crippen molar-refractivity contribution in [1.82, 2.24) is 10.2 Å². The van der Waals surface area contributed by atoms with Gasteiger partial charge in [-0.2, -0.15) is 0 Å². The Balaban J connectivity index is 1.61. The Labute approximate surface area is 238 Å². The second kappa shape index (κ2) is 14.0. The Bertz CT molecular complexity index is 1210. The van der Waals surface area contributed by atoms with Gasteiger partial charge in [-0.1, -0.05) is 71.2 Å². The summed E-state index contributed by atoms with van der Waals surface area (Å²) in [7, 11) is 3.11. The van der Waals surface area contributed by atoms with E-state index in [0.29, 0.717) is 23.7 Å². The predicted octanol–water partition coefficient (Wildman–Crippen LogP) is 5.54. The minimum atomic E-state index is -0.701. The number of amides is 2. The summed E-state index contributed by atoms with van der Waals surface area (Å²) in [5, 5.41) is 3.22. The summed E-state index contributed by atoms with van der Waals surface area (Å²) < 4.78 is 17.5. The molecule has 0 unspecified atom stereocenters. The number of methoxy groups -OCH3 is 2. The molecule has 4 rings (SSSR count). The molecule has 1 aliphatic rings. The number of halogens is 1. The zero-order valence-electron chi connectivity index (χ0n) is 22.4. The van der Waals surface area contributed by atoms with Crippen molar-refractivity contribution in [2.75, 3.05) is 20.8 Å². The van der Waals surface area contributed by atoms with Crippen LogP contribution in [0.4, 0.5) is 0 Å². The van der Waals surface area contributed by atoms with Gasteiger partial charge in [-0.15, -0.1) is 0 Å². The monoisotopic (exact) mass is 594 g/mol. The first-order valence-corrected chi connectivity index (χ1v) is 14.0. The quantitative estimate of drug-likeness (QED) is 0.298. The van der Waals surface area contributed by atoms with Crippen LogP contribution in [0.5, 0.6) is 17.2 Å². The van der Waals surface area contributed by atoms with E-state index < -0.39 is 6.04 Å². The fourth-order valence-corrected chi connectivity index (χ4v) is 5.06. The van der Waals surface area contributed by atoms with E-state index in [1.165, 1.54) is 0 Å². The van der Waals surface area contributed by atoms with Crippen molar-refractivity contribution < 1.29 is 23.8 Å². The molecule has 7 nitrogen and oxygen atoms in total. The lowest BCUT2D eigenvalue weighted by Crippen LogP contribution is -2.53. The molecular formula is C31H35BrN2O5. The minimum Gasteiger partial charge on any atom is -0.496 e. The van der Waals surface area contributed by atoms with Gasteiger partial charge in [-0.05, 0) is 36.1 Å². The zero-order valence-corrected chi connectivity index (χ0v) is 24.0. The number of carbonyl (C=O) groups excluding carboxylic acids is 2. The zero-order chi connectivity index (χ0) is 27.6. The lowest BCUT2D eigenvalue weighted by Gasteiger charge is -2.32. The van der Waals surface area contributed by atoms with Gasteiger partial charge in [0, 0.05) is 41.7 Å². The van der Waals surface area contributed by atoms with Gasteiger partial charge in [0.1, 0.15) is 23.3 Å². The second-order valence-corrected chi connectivity index (χ2v) is 10.6. The molecule has 0 heterocycles. The van der Waals surface area contributed by atoms with Crippen LogP contribution >= 0.6 is 15.9 Å². The maximum Gasteiger partial charge on any atom is 0.261 e. The van der Waals surface area contributed by atoms with Crippen LogP contribution in [0.1, 0.15) is 36.8 Å². The third-order valence-corrected chi connectivity index (χ3v) is 7.45. The number of nitrogens with one attached hydrogen (secondary N) is 1. The summed E-state index contributed by atoms with van der Waals surface area (Å²) >= 11 is 3.47. The van der Waals surface area contributed by atoms with E-state index in [1.807, 2.05) is 54.6 Å². The molecule has 1 fully saturated rings. The number of ether oxygens (including phenoxy) is 3. The fourth-order valence-electron chi connectivity index (χ4n) is 4.80. The number of rotatable bonds is 12. The van der Waals surface area contributed by atoms with Crippen molar-refractivity contribution in [2.24, 2.45) is 0 Å². The summed E-state index contributed by atoms with van der Waals surface area (Å²) in [6, 6.07) is 22.1. The van der Waals surface area contributed by atoms with Crippen LogP contribution in [0.25, 0.3) is 0 Å². The van der Waals surface area contributed by atoms with Crippen LogP contribution in [0.15, 0.2) is 77.3 Å². The molecule has 3 aromatic rings. The minimum absolute atomic E-state index is 0.140. The van der Waals surface area contributed by atoms with Gasteiger partial charge in [-0.25, -0.2) is 0 Å². The van der Waals surface area contributed by atoms with Crippen molar-refractivity contribution in [2.45, 2.75) is 50.7 Å². The van der Waals surface area contributed by atoms with E-state index in [9.17, 15) is 9.59 Å². The fraction of sp³-hybridized carbons (Fsp3) is 0.355. The highest BCUT2D eigenvalue weighted by atomic mass is 79.9. The molecule has 1 N–H and O–H groups in total. The molecule has 3 aromatic carbocycles. The maximum absolute atomic E-state index is 13.8. The Kier molecular flexibility index (Phi) is 10.3. The Morgan fingerprint density at radius 2 is 1.51 bits per heavy atom. The summed E-state index contributed by atoms with van der Waals surface area (Å²) in [6.45, 7) is 0.0291. The Morgan fingerprint density at radius 1 is 0.897 bits per heavy atom. The smallest absolute Gasteiger partial charge is 0.261 e. The lowest BCUT2D eigenvalue weighted by molar-refractivity contribution is -0.143. The molecule has 0 aliphatic heterocycles. The van der Waals surface area contributed by atoms with Crippen molar-refractivity contribution in [3.05, 3.63) is 88.4 Å². The topological polar surface area (TPSA) is 77.1 Å². The third kappa shape index (κ3) is 8.23. The Hall–Kier alpha value is -3.52. The largest absolute Gasteiger partial charge is 0.496 e. The van der Waals surface area contributed by atoms with Crippen LogP contribution in [0, 0.1) is 0 Å². The summed E-state index contributed by atoms with van der Waals surface area (Å²) in [6.07, 6.45) is 4.53. The average Bonchev–Trinajstić information content (AvgIpc) is 3.48. The lowest BCUT2D eigenvalue weighted by atomic mass is 10.0. The van der Waals surface area contributed by atoms with Gasteiger partial charge in [-0.3, -0.25) is 9.59 Å². The number of hydrogen-bond donors (Lipinski definition) is 1. The highest BCUT2D eigenvalue weighted by Crippen LogP contribution is 2.28. The molecule has 0 bridgehead atoms. The number of benzene rings is 3. The van der Waals surface area contributed by atoms with Crippen LogP contribution in [0.2, 0.25) is 0 Å². The van der Waals surface area contributed by atoms with Gasteiger partial charge in [0.25, 0.3) is 5.91 Å². The molecule has 0 saturated heterocycles. The molecule has 0 radical (unpaired) electrons. The molecule has 0 spiro atoms. The second-order valence-electron chi connectivity index (χ2n) is 9.68. The van der Waals surface area contributed by atoms with Crippen molar-refractivity contribution in [3.8, 4) is 17.2 Å². The number of hydrogen-bond acceptors (Lipinski definition) is 5. The number of nitrogens with zero attached hydrogens (tertiary/aromatic N) is 1. The van der Waals surface area contributed by atoms with Gasteiger partial charge in [0.05, 0.1) is 14.2 Å². The highest BCUT2D eigenvalue weighted by Gasteiger charge is 2.32. The summed E-state index contributed by atoms with van der Waals surface area (Å²) in [4.78, 5) is 29.2. The van der Waals surface area contributed by atoms with E-state index >= 15 is 0 Å². The van der Waals surface area contributed by atoms with Crippen LogP contribution < -0.4 is 19.5 Å². The van der Waals surface area contributed by atoms with E-state index in [4.69, 9.17) is 14.2 Å². The molecule has 2 amide bonds. The van der Waals surface area contributed by atoms with Gasteiger partial charge in [0.2, 0.25) is 5.91 Å². The van der Waals surface area contributed by atoms with Crippen molar-refractivity contribution >= 4 is 27.7 Å². The molecule has 1 aliphatic carbocycles. The van der Waals surface area contributed by atoms with Crippen LogP contribution in [0.3, 0.4) is 0 Å². The molecule has 1 atom stereocenters. The van der Waals surface area contributed by atoms with Crippen LogP contribution in [-0.4, -0.2) is 49.6 Å². The predicted molar refractivity (Wildman–Crippen MR) is 154 cm³/mol. The van der Waals surface area contributed by atoms with Gasteiger partial charge < -0.3 is 24.4 Å². The van der Waals surface area contributed by atoms with Crippen molar-refractivity contribution in [3.63, 3.8) is 0 Å². The average molecular weight is 596 g/mol. The first-order valence-electron chi connectivity index (χ1n) is 13.2. The van der Waals surface area contributed by atoms with Gasteiger partial charge in [0.15, 0.2) is 6.61 Å². The normalized spacial score (nSPS) is 13.9. The van der Waals surface area contributed by atoms with Crippen LogP contribution in [-0.2, 0) is 22.6 Å². The molecule has 8 heteroatoms. The van der Waals surface area contributed by atoms with Crippen molar-refractivity contribution in [1.29, 1.82) is 0 Å². The third-order valence-electron chi connectivity index (χ3n) is 6.93. The van der Waals surface area contributed by atoms with E-state index in [2.05, 4.69) is 21.2 Å². The van der Waals surface area contributed by atoms with E-state index in [0.717, 1.165) is 41.3 Å². The standard InChI is InChI=1S/C31H35BrN2O5/c1-37-26-17-27(38-2)19-28(18-26)39-21-30(35)34(20-23-12-14-24(32)15-13-23)29(16-22-8-4-3-5-9-22)31(36)33-25-10-6-7-11-25/h3-5,8-9,12-15,17-19,25,29H,6-7,10-11,16,20-21H2,1-2H3,(H,33,36)/t29-/m0/s1. The van der Waals surface area contributed by atoms with E-state index in [1.54, 1.807) is 37.3 Å². The summed E-state index contributed by atoms with van der Waals surface area (Å²) in [5.74, 6) is 1.13. The molecule has 1 saturated carbocycles. The molecule has 0 aromatic heterocycles. The summed E-state index contributed by atoms with van der Waals surface area (Å²) in [5.41, 5.74) is 1.90. The highest BCUT2D eigenvalue weighted by molar-refractivity contribution is 9.10. The maximum atomic E-state index is 13.8. The first kappa shape index (κ1) is 28.5. The van der Waals surface area contributed by atoms with Gasteiger partial charge >= 0.3 is 0 Å². The molecule has 39 heavy (non-hydrogen) atoms. The molecular weight excluding hydrogens is 560 g/mol.